The van der Waals surface area contributed by atoms with E-state index < -0.39 is 29.8 Å². The first-order chi connectivity index (χ1) is 6.09. The normalized spacial score (nSPS) is 13.1. The quantitative estimate of drug-likeness (QED) is 0.727. The highest BCUT2D eigenvalue weighted by Crippen LogP contribution is 2.28. The first-order valence-corrected chi connectivity index (χ1v) is 4.44. The van der Waals surface area contributed by atoms with E-state index in [9.17, 15) is 13.6 Å². The van der Waals surface area contributed by atoms with E-state index in [0.29, 0.717) is 0 Å². The second-order valence-electron chi connectivity index (χ2n) is 4.45. The van der Waals surface area contributed by atoms with E-state index in [4.69, 9.17) is 5.73 Å². The number of nitrogens with one attached hydrogen (secondary N) is 1. The van der Waals surface area contributed by atoms with Crippen LogP contribution in [-0.4, -0.2) is 24.4 Å². The van der Waals surface area contributed by atoms with Gasteiger partial charge in [0.2, 0.25) is 5.91 Å². The molecule has 1 amide bonds. The van der Waals surface area contributed by atoms with Gasteiger partial charge in [0, 0.05) is 5.54 Å². The number of amides is 1. The van der Waals surface area contributed by atoms with Gasteiger partial charge in [-0.2, -0.15) is 0 Å². The van der Waals surface area contributed by atoms with Crippen molar-refractivity contribution in [3.63, 3.8) is 0 Å². The first kappa shape index (κ1) is 13.3. The van der Waals surface area contributed by atoms with Crippen LogP contribution < -0.4 is 11.1 Å². The molecule has 5 heteroatoms. The van der Waals surface area contributed by atoms with Crippen LogP contribution in [0.4, 0.5) is 8.78 Å². The van der Waals surface area contributed by atoms with Crippen molar-refractivity contribution < 1.29 is 13.6 Å². The summed E-state index contributed by atoms with van der Waals surface area (Å²) in [4.78, 5) is 11.5. The lowest BCUT2D eigenvalue weighted by molar-refractivity contribution is -0.132. The molecule has 0 aromatic heterocycles. The van der Waals surface area contributed by atoms with Gasteiger partial charge in [0.05, 0.1) is 12.0 Å². The average molecular weight is 208 g/mol. The monoisotopic (exact) mass is 208 g/mol. The lowest BCUT2D eigenvalue weighted by Crippen LogP contribution is -2.56. The molecule has 0 unspecified atom stereocenters. The smallest absolute Gasteiger partial charge is 0.255 e. The first-order valence-electron chi connectivity index (χ1n) is 4.44. The Morgan fingerprint density at radius 1 is 1.36 bits per heavy atom. The molecule has 0 atom stereocenters. The summed E-state index contributed by atoms with van der Waals surface area (Å²) in [7, 11) is 0. The molecule has 0 spiro atoms. The van der Waals surface area contributed by atoms with Crippen LogP contribution in [0.1, 0.15) is 27.7 Å². The maximum absolute atomic E-state index is 11.8. The molecule has 3 nitrogen and oxygen atoms in total. The van der Waals surface area contributed by atoms with Crippen LogP contribution in [0.2, 0.25) is 0 Å². The minimum Gasteiger partial charge on any atom is -0.350 e. The predicted molar refractivity (Wildman–Crippen MR) is 51.1 cm³/mol. The van der Waals surface area contributed by atoms with E-state index in [2.05, 4.69) is 5.32 Å². The molecule has 3 N–H and O–H groups in total. The molecular formula is C9H18F2N2O. The van der Waals surface area contributed by atoms with Crippen molar-refractivity contribution in [3.8, 4) is 0 Å². The number of carbonyl (C=O) groups is 1. The van der Waals surface area contributed by atoms with Gasteiger partial charge < -0.3 is 11.1 Å². The van der Waals surface area contributed by atoms with Crippen LogP contribution in [0.3, 0.4) is 0 Å². The maximum atomic E-state index is 11.8. The number of carbonyl (C=O) groups excluding carboxylic acids is 1. The van der Waals surface area contributed by atoms with E-state index in [0.717, 1.165) is 0 Å². The van der Waals surface area contributed by atoms with Crippen molar-refractivity contribution in [2.45, 2.75) is 39.7 Å². The maximum Gasteiger partial charge on any atom is 0.255 e. The zero-order chi connectivity index (χ0) is 11.6. The molecule has 84 valence electrons. The van der Waals surface area contributed by atoms with E-state index in [1.165, 1.54) is 0 Å². The van der Waals surface area contributed by atoms with Crippen molar-refractivity contribution in [2.75, 3.05) is 6.54 Å². The van der Waals surface area contributed by atoms with Crippen LogP contribution in [0.5, 0.6) is 0 Å². The highest BCUT2D eigenvalue weighted by molar-refractivity contribution is 5.83. The van der Waals surface area contributed by atoms with Crippen molar-refractivity contribution >= 4 is 5.91 Å². The van der Waals surface area contributed by atoms with Gasteiger partial charge in [-0.25, -0.2) is 8.78 Å². The minimum absolute atomic E-state index is 0.453. The second kappa shape index (κ2) is 4.21. The van der Waals surface area contributed by atoms with Crippen molar-refractivity contribution in [1.29, 1.82) is 0 Å². The van der Waals surface area contributed by atoms with Crippen LogP contribution in [0.15, 0.2) is 0 Å². The molecule has 0 rings (SSSR count). The van der Waals surface area contributed by atoms with Gasteiger partial charge in [-0.3, -0.25) is 4.79 Å². The Balaban J connectivity index is 4.38. The van der Waals surface area contributed by atoms with Crippen LogP contribution in [0, 0.1) is 5.41 Å². The Labute approximate surface area is 83.0 Å². The molecule has 0 radical (unpaired) electrons. The molecule has 0 bridgehead atoms. The molecule has 0 aliphatic carbocycles. The Morgan fingerprint density at radius 3 is 2.07 bits per heavy atom. The zero-order valence-electron chi connectivity index (χ0n) is 9.03. The molecule has 0 saturated carbocycles. The lowest BCUT2D eigenvalue weighted by atomic mass is 9.74. The van der Waals surface area contributed by atoms with Gasteiger partial charge in [0.1, 0.15) is 0 Å². The third-order valence-electron chi connectivity index (χ3n) is 2.60. The lowest BCUT2D eigenvalue weighted by Gasteiger charge is -2.36. The summed E-state index contributed by atoms with van der Waals surface area (Å²) in [6, 6.07) is 0. The largest absolute Gasteiger partial charge is 0.350 e. The fourth-order valence-electron chi connectivity index (χ4n) is 0.683. The average Bonchev–Trinajstić information content (AvgIpc) is 1.97. The second-order valence-corrected chi connectivity index (χ2v) is 4.45. The molecule has 0 heterocycles. The summed E-state index contributed by atoms with van der Waals surface area (Å²) in [6.07, 6.45) is -2.53. The van der Waals surface area contributed by atoms with E-state index >= 15 is 0 Å². The number of hydrogen-bond acceptors (Lipinski definition) is 2. The van der Waals surface area contributed by atoms with Crippen LogP contribution in [-0.2, 0) is 4.79 Å². The Hall–Kier alpha value is -0.710. The fourth-order valence-corrected chi connectivity index (χ4v) is 0.683. The van der Waals surface area contributed by atoms with Gasteiger partial charge in [-0.05, 0) is 27.7 Å². The van der Waals surface area contributed by atoms with Gasteiger partial charge in [0.25, 0.3) is 6.43 Å². The highest BCUT2D eigenvalue weighted by Gasteiger charge is 2.40. The third-order valence-corrected chi connectivity index (χ3v) is 2.60. The number of alkyl halides is 2. The minimum atomic E-state index is -2.53. The van der Waals surface area contributed by atoms with Crippen LogP contribution >= 0.6 is 0 Å². The predicted octanol–water partition coefficient (Wildman–Crippen LogP) is 1.13. The molecule has 0 aliphatic rings. The summed E-state index contributed by atoms with van der Waals surface area (Å²) in [5.74, 6) is -0.453. The van der Waals surface area contributed by atoms with Crippen LogP contribution in [0.25, 0.3) is 0 Å². The molecular weight excluding hydrogens is 190 g/mol. The number of nitrogens with two attached hydrogens (primary N) is 1. The van der Waals surface area contributed by atoms with Gasteiger partial charge >= 0.3 is 0 Å². The van der Waals surface area contributed by atoms with Crippen molar-refractivity contribution in [2.24, 2.45) is 11.1 Å². The molecule has 0 saturated heterocycles. The molecule has 0 aromatic carbocycles. The van der Waals surface area contributed by atoms with Gasteiger partial charge in [0.15, 0.2) is 0 Å². The van der Waals surface area contributed by atoms with Gasteiger partial charge in [-0.15, -0.1) is 0 Å². The Bertz CT molecular complexity index is 209. The van der Waals surface area contributed by atoms with Crippen molar-refractivity contribution in [3.05, 3.63) is 0 Å². The van der Waals surface area contributed by atoms with E-state index in [1.54, 1.807) is 27.7 Å². The van der Waals surface area contributed by atoms with Gasteiger partial charge in [-0.1, -0.05) is 0 Å². The zero-order valence-corrected chi connectivity index (χ0v) is 9.03. The summed E-state index contributed by atoms with van der Waals surface area (Å²) in [5.41, 5.74) is 4.15. The van der Waals surface area contributed by atoms with Crippen molar-refractivity contribution in [1.82, 2.24) is 5.32 Å². The molecule has 0 aliphatic heterocycles. The standard InChI is InChI=1S/C9H18F2N2O/c1-8(2,9(3,4)12)7(14)13-5-6(10)11/h6H,5,12H2,1-4H3,(H,13,14). The SMILES string of the molecule is CC(C)(N)C(C)(C)C(=O)NCC(F)F. The number of hydrogen-bond donors (Lipinski definition) is 2. The topological polar surface area (TPSA) is 55.1 Å². The molecule has 0 fully saturated rings. The van der Waals surface area contributed by atoms with E-state index in [1.807, 2.05) is 0 Å². The molecule has 14 heavy (non-hydrogen) atoms. The summed E-state index contributed by atoms with van der Waals surface area (Å²) in [6.45, 7) is 6.02. The number of halogens is 2. The third kappa shape index (κ3) is 3.21. The summed E-state index contributed by atoms with van der Waals surface area (Å²) >= 11 is 0. The molecule has 0 aromatic rings. The Morgan fingerprint density at radius 2 is 1.79 bits per heavy atom. The summed E-state index contributed by atoms with van der Waals surface area (Å²) < 4.78 is 23.7. The highest BCUT2D eigenvalue weighted by atomic mass is 19.3. The fraction of sp³-hybridized carbons (Fsp3) is 0.889. The number of rotatable bonds is 4. The van der Waals surface area contributed by atoms with E-state index in [-0.39, 0.29) is 0 Å². The Kier molecular flexibility index (Phi) is 4.00. The summed E-state index contributed by atoms with van der Waals surface area (Å²) in [5, 5.41) is 2.16.